The zero-order valence-corrected chi connectivity index (χ0v) is 33.0. The third kappa shape index (κ3) is 7.24. The molecule has 54 heavy (non-hydrogen) atoms. The molecule has 1 aromatic heterocycles. The highest BCUT2D eigenvalue weighted by molar-refractivity contribution is 7.92. The van der Waals surface area contributed by atoms with Crippen LogP contribution >= 0.6 is 11.6 Å². The van der Waals surface area contributed by atoms with Crippen molar-refractivity contribution in [2.45, 2.75) is 82.5 Å². The minimum Gasteiger partial charge on any atom is -0.490 e. The van der Waals surface area contributed by atoms with Gasteiger partial charge in [0, 0.05) is 68.2 Å². The summed E-state index contributed by atoms with van der Waals surface area (Å²) < 4.78 is 42.2. The van der Waals surface area contributed by atoms with Crippen molar-refractivity contribution in [3.63, 3.8) is 0 Å². The maximum atomic E-state index is 14.8. The van der Waals surface area contributed by atoms with E-state index in [1.165, 1.54) is 11.1 Å². The predicted molar refractivity (Wildman–Crippen MR) is 211 cm³/mol. The van der Waals surface area contributed by atoms with Crippen LogP contribution in [0.3, 0.4) is 0 Å². The summed E-state index contributed by atoms with van der Waals surface area (Å²) in [4.78, 5) is 30.3. The third-order valence-corrected chi connectivity index (χ3v) is 14.8. The summed E-state index contributed by atoms with van der Waals surface area (Å²) in [6.45, 7) is 4.69. The van der Waals surface area contributed by atoms with E-state index in [1.807, 2.05) is 29.7 Å². The maximum absolute atomic E-state index is 14.8. The first-order valence-electron chi connectivity index (χ1n) is 19.4. The Morgan fingerprint density at radius 2 is 2.00 bits per heavy atom. The molecule has 3 aromatic rings. The lowest BCUT2D eigenvalue weighted by Gasteiger charge is -2.46. The van der Waals surface area contributed by atoms with Crippen molar-refractivity contribution in [3.8, 4) is 5.75 Å². The number of carbonyl (C=O) groups excluding carboxylic acids is 2. The Kier molecular flexibility index (Phi) is 10.4. The van der Waals surface area contributed by atoms with E-state index < -0.39 is 21.7 Å². The molecule has 2 aliphatic carbocycles. The second-order valence-corrected chi connectivity index (χ2v) is 18.4. The van der Waals surface area contributed by atoms with E-state index in [-0.39, 0.29) is 29.3 Å². The van der Waals surface area contributed by atoms with E-state index in [9.17, 15) is 13.8 Å². The zero-order valence-electron chi connectivity index (χ0n) is 31.4. The molecule has 12 heteroatoms. The summed E-state index contributed by atoms with van der Waals surface area (Å²) in [6.07, 6.45) is 13.2. The van der Waals surface area contributed by atoms with Crippen LogP contribution in [-0.2, 0) is 44.2 Å². The molecule has 288 valence electrons. The molecule has 2 aromatic carbocycles. The van der Waals surface area contributed by atoms with Gasteiger partial charge >= 0.3 is 0 Å². The molecule has 3 aliphatic heterocycles. The van der Waals surface area contributed by atoms with Gasteiger partial charge in [-0.05, 0) is 104 Å². The summed E-state index contributed by atoms with van der Waals surface area (Å²) in [5, 5.41) is 0.743. The number of anilines is 1. The third-order valence-electron chi connectivity index (χ3n) is 12.6. The first-order valence-corrected chi connectivity index (χ1v) is 21.5. The molecular weight excluding hydrogens is 724 g/mol. The van der Waals surface area contributed by atoms with E-state index in [0.29, 0.717) is 61.1 Å². The van der Waals surface area contributed by atoms with Crippen LogP contribution in [-0.4, -0.2) is 72.5 Å². The van der Waals surface area contributed by atoms with E-state index in [2.05, 4.69) is 38.3 Å². The maximum Gasteiger partial charge on any atom is 0.286 e. The number of nitrogens with zero attached hydrogens (tertiary/aromatic N) is 3. The van der Waals surface area contributed by atoms with Crippen molar-refractivity contribution in [2.75, 3.05) is 44.6 Å². The fraction of sp³-hybridized carbons (Fsp3) is 0.524. The molecule has 1 fully saturated rings. The molecule has 1 spiro atoms. The number of halogens is 1. The molecule has 8 rings (SSSR count). The number of allylic oxidation sites excluding steroid dienone is 1. The van der Waals surface area contributed by atoms with Gasteiger partial charge in [-0.2, -0.15) is 0 Å². The number of aromatic nitrogens is 1. The normalized spacial score (nSPS) is 31.2. The topological polar surface area (TPSA) is 111 Å². The van der Waals surface area contributed by atoms with Gasteiger partial charge in [-0.1, -0.05) is 43.2 Å². The van der Waals surface area contributed by atoms with Gasteiger partial charge in [0.1, 0.15) is 15.7 Å². The van der Waals surface area contributed by atoms with Gasteiger partial charge in [-0.15, -0.1) is 4.36 Å². The van der Waals surface area contributed by atoms with E-state index in [0.717, 1.165) is 61.6 Å². The highest BCUT2D eigenvalue weighted by Gasteiger charge is 2.44. The lowest BCUT2D eigenvalue weighted by molar-refractivity contribution is 0.0131. The quantitative estimate of drug-likeness (QED) is 0.274. The Labute approximate surface area is 323 Å². The van der Waals surface area contributed by atoms with Crippen LogP contribution in [0.4, 0.5) is 5.69 Å². The van der Waals surface area contributed by atoms with Crippen LogP contribution in [0.1, 0.15) is 83.0 Å². The van der Waals surface area contributed by atoms with Crippen LogP contribution < -0.4 is 14.4 Å². The van der Waals surface area contributed by atoms with Crippen LogP contribution in [0.25, 0.3) is 0 Å². The average molecular weight is 775 g/mol. The second kappa shape index (κ2) is 15.1. The Morgan fingerprint density at radius 1 is 1.13 bits per heavy atom. The molecule has 1 saturated carbocycles. The molecule has 2 bridgehead atoms. The minimum atomic E-state index is -3.54. The molecular formula is C42H51ClN4O6S. The molecule has 1 N–H and O–H groups in total. The molecule has 2 unspecified atom stereocenters. The fourth-order valence-electron chi connectivity index (χ4n) is 9.45. The number of methoxy groups -OCH3 is 2. The van der Waals surface area contributed by atoms with Gasteiger partial charge in [-0.3, -0.25) is 14.3 Å². The second-order valence-electron chi connectivity index (χ2n) is 16.0. The number of carbonyl (C=O) groups is 2. The lowest BCUT2D eigenvalue weighted by atomic mass is 9.68. The van der Waals surface area contributed by atoms with Crippen LogP contribution in [0, 0.1) is 17.8 Å². The SMILES string of the molecule is CC[C@H]1C/C=C\[C@H](OC)[C@@H]2CC[C@H]2CN2C[C@@]3(CCCc4cc(Cl)ccc43)COc3ccc(cc32)C(=O)N=S(=O)(NC(=O)c2cc3n(c2)CC(OC)C3)C1. The van der Waals surface area contributed by atoms with Gasteiger partial charge in [0.2, 0.25) is 0 Å². The van der Waals surface area contributed by atoms with Gasteiger partial charge in [-0.25, -0.2) is 4.21 Å². The molecule has 2 amide bonds. The van der Waals surface area contributed by atoms with E-state index in [4.69, 9.17) is 25.8 Å². The van der Waals surface area contributed by atoms with Crippen molar-refractivity contribution < 1.29 is 28.0 Å². The molecule has 4 heterocycles. The molecule has 7 atom stereocenters. The standard InChI is InChI=1S/C42H51ClN4O6S/c1-4-27-7-5-9-38(52-3)35-13-10-30(35)21-47-25-42(16-6-8-28-17-32(43)12-14-36(28)42)26-53-39-15-11-29(19-37(39)47)40(48)44-54(50,24-27)45-41(49)31-18-33-20-34(51-2)23-46(33)22-31/h5,9,11-12,14-15,17-19,22,27,30,34-35,38H,4,6-8,10,13,16,20-21,23-26H2,1-3H3,(H,44,45,48,49,50)/b9-5-/t27-,30-,34?,35+,38-,42-,54?/m0/s1. The van der Waals surface area contributed by atoms with E-state index in [1.54, 1.807) is 32.5 Å². The van der Waals surface area contributed by atoms with Crippen LogP contribution in [0.15, 0.2) is 65.2 Å². The van der Waals surface area contributed by atoms with Gasteiger partial charge in [0.15, 0.2) is 0 Å². The van der Waals surface area contributed by atoms with Crippen LogP contribution in [0.5, 0.6) is 5.75 Å². The van der Waals surface area contributed by atoms with Gasteiger partial charge < -0.3 is 23.7 Å². The van der Waals surface area contributed by atoms with Crippen LogP contribution in [0.2, 0.25) is 5.02 Å². The molecule has 10 nitrogen and oxygen atoms in total. The smallest absolute Gasteiger partial charge is 0.286 e. The Hall–Kier alpha value is -3.64. The van der Waals surface area contributed by atoms with Crippen molar-refractivity contribution in [1.29, 1.82) is 0 Å². The average Bonchev–Trinajstić information content (AvgIpc) is 3.69. The first kappa shape index (κ1) is 37.3. The Balaban J connectivity index is 1.18. The van der Waals surface area contributed by atoms with Crippen molar-refractivity contribution in [2.24, 2.45) is 22.1 Å². The number of fused-ring (bicyclic) bond motifs is 5. The summed E-state index contributed by atoms with van der Waals surface area (Å²) in [5.41, 5.74) is 4.79. The number of hydrogen-bond donors (Lipinski definition) is 1. The largest absolute Gasteiger partial charge is 0.490 e. The van der Waals surface area contributed by atoms with Gasteiger partial charge in [0.25, 0.3) is 11.8 Å². The Bertz CT molecular complexity index is 2070. The lowest BCUT2D eigenvalue weighted by Crippen LogP contribution is -2.49. The number of rotatable bonds is 5. The van der Waals surface area contributed by atoms with Crippen molar-refractivity contribution >= 4 is 39.0 Å². The van der Waals surface area contributed by atoms with Crippen molar-refractivity contribution in [3.05, 3.63) is 93.8 Å². The predicted octanol–water partition coefficient (Wildman–Crippen LogP) is 7.17. The van der Waals surface area contributed by atoms with Crippen molar-refractivity contribution in [1.82, 2.24) is 9.29 Å². The summed E-state index contributed by atoms with van der Waals surface area (Å²) >= 11 is 6.48. The highest BCUT2D eigenvalue weighted by Crippen LogP contribution is 2.47. The Morgan fingerprint density at radius 3 is 2.76 bits per heavy atom. The number of nitrogens with one attached hydrogen (secondary N) is 1. The monoisotopic (exact) mass is 774 g/mol. The highest BCUT2D eigenvalue weighted by atomic mass is 35.5. The molecule has 0 saturated heterocycles. The number of ether oxygens (including phenoxy) is 3. The molecule has 0 radical (unpaired) electrons. The summed E-state index contributed by atoms with van der Waals surface area (Å²) in [5.74, 6) is 0.258. The minimum absolute atomic E-state index is 0.0421. The first-order chi connectivity index (χ1) is 26.1. The summed E-state index contributed by atoms with van der Waals surface area (Å²) in [7, 11) is -0.0794. The number of amides is 2. The summed E-state index contributed by atoms with van der Waals surface area (Å²) in [6, 6.07) is 13.5. The fourth-order valence-corrected chi connectivity index (χ4v) is 11.6. The number of aryl methyl sites for hydroxylation is 1. The van der Waals surface area contributed by atoms with Gasteiger partial charge in [0.05, 0.1) is 35.8 Å². The number of hydrogen-bond acceptors (Lipinski definition) is 7. The molecule has 5 aliphatic rings. The zero-order chi connectivity index (χ0) is 37.6. The number of benzene rings is 2. The van der Waals surface area contributed by atoms with E-state index >= 15 is 0 Å².